The molecular formula is C16H12N2. The third-order valence-corrected chi connectivity index (χ3v) is 3.10. The van der Waals surface area contributed by atoms with Gasteiger partial charge in [0.15, 0.2) is 0 Å². The lowest BCUT2D eigenvalue weighted by Gasteiger charge is -2.14. The van der Waals surface area contributed by atoms with Crippen LogP contribution in [0.2, 0.25) is 0 Å². The molecule has 1 atom stereocenters. The Hall–Kier alpha value is -2.58. The van der Waals surface area contributed by atoms with Gasteiger partial charge < -0.3 is 0 Å². The predicted octanol–water partition coefficient (Wildman–Crippen LogP) is 3.58. The smallest absolute Gasteiger partial charge is 0.101 e. The highest BCUT2D eigenvalue weighted by molar-refractivity contribution is 5.53. The van der Waals surface area contributed by atoms with Crippen molar-refractivity contribution in [1.82, 2.24) is 0 Å². The minimum Gasteiger partial charge on any atom is -0.192 e. The van der Waals surface area contributed by atoms with Crippen molar-refractivity contribution in [3.8, 4) is 12.1 Å². The molecule has 1 unspecified atom stereocenters. The Labute approximate surface area is 107 Å². The normalized spacial score (nSPS) is 11.3. The Morgan fingerprint density at radius 1 is 0.889 bits per heavy atom. The molecule has 0 aliphatic carbocycles. The van der Waals surface area contributed by atoms with Crippen LogP contribution in [0.3, 0.4) is 0 Å². The fourth-order valence-electron chi connectivity index (χ4n) is 2.07. The van der Waals surface area contributed by atoms with E-state index in [2.05, 4.69) is 12.1 Å². The highest BCUT2D eigenvalue weighted by Gasteiger charge is 2.15. The van der Waals surface area contributed by atoms with Crippen LogP contribution in [-0.4, -0.2) is 0 Å². The van der Waals surface area contributed by atoms with Crippen LogP contribution in [0.1, 0.15) is 35.1 Å². The maximum absolute atomic E-state index is 9.23. The lowest BCUT2D eigenvalue weighted by atomic mass is 9.88. The minimum atomic E-state index is 0.106. The number of nitriles is 2. The molecule has 0 N–H and O–H groups in total. The summed E-state index contributed by atoms with van der Waals surface area (Å²) in [7, 11) is 0. The lowest BCUT2D eigenvalue weighted by Crippen LogP contribution is -2.00. The number of rotatable bonds is 2. The van der Waals surface area contributed by atoms with E-state index in [0.29, 0.717) is 11.1 Å². The van der Waals surface area contributed by atoms with E-state index in [4.69, 9.17) is 5.26 Å². The molecule has 0 saturated heterocycles. The molecule has 0 aromatic heterocycles. The van der Waals surface area contributed by atoms with E-state index in [9.17, 15) is 5.26 Å². The quantitative estimate of drug-likeness (QED) is 0.794. The standard InChI is InChI=1S/C16H12N2/c1-12(13-6-3-2-4-7-13)15-9-5-8-14(10-17)16(15)11-18/h2-9,12H,1H3. The van der Waals surface area contributed by atoms with Gasteiger partial charge in [0, 0.05) is 5.92 Å². The minimum absolute atomic E-state index is 0.106. The highest BCUT2D eigenvalue weighted by Crippen LogP contribution is 2.27. The van der Waals surface area contributed by atoms with Crippen LogP contribution in [0, 0.1) is 22.7 Å². The fraction of sp³-hybridized carbons (Fsp3) is 0.125. The Bertz CT molecular complexity index is 630. The number of hydrogen-bond acceptors (Lipinski definition) is 2. The second-order valence-electron chi connectivity index (χ2n) is 4.13. The highest BCUT2D eigenvalue weighted by atomic mass is 14.3. The van der Waals surface area contributed by atoms with Crippen molar-refractivity contribution in [3.05, 3.63) is 70.8 Å². The summed E-state index contributed by atoms with van der Waals surface area (Å²) in [6.07, 6.45) is 0. The summed E-state index contributed by atoms with van der Waals surface area (Å²) < 4.78 is 0. The first-order chi connectivity index (χ1) is 8.77. The van der Waals surface area contributed by atoms with Crippen LogP contribution in [0.25, 0.3) is 0 Å². The van der Waals surface area contributed by atoms with Crippen molar-refractivity contribution in [2.45, 2.75) is 12.8 Å². The monoisotopic (exact) mass is 232 g/mol. The zero-order valence-electron chi connectivity index (χ0n) is 10.1. The van der Waals surface area contributed by atoms with E-state index >= 15 is 0 Å². The maximum atomic E-state index is 9.23. The van der Waals surface area contributed by atoms with Gasteiger partial charge in [-0.2, -0.15) is 10.5 Å². The summed E-state index contributed by atoms with van der Waals surface area (Å²) in [5, 5.41) is 18.3. The van der Waals surface area contributed by atoms with Gasteiger partial charge in [-0.15, -0.1) is 0 Å². The van der Waals surface area contributed by atoms with Crippen molar-refractivity contribution in [2.24, 2.45) is 0 Å². The lowest BCUT2D eigenvalue weighted by molar-refractivity contribution is 0.916. The molecule has 86 valence electrons. The van der Waals surface area contributed by atoms with Gasteiger partial charge in [-0.1, -0.05) is 49.4 Å². The molecule has 2 nitrogen and oxygen atoms in total. The Balaban J connectivity index is 2.53. The van der Waals surface area contributed by atoms with Gasteiger partial charge in [0.25, 0.3) is 0 Å². The molecule has 2 heteroatoms. The first-order valence-corrected chi connectivity index (χ1v) is 5.76. The van der Waals surface area contributed by atoms with Crippen LogP contribution >= 0.6 is 0 Å². The molecule has 2 aromatic carbocycles. The first kappa shape index (κ1) is 11.9. The van der Waals surface area contributed by atoms with E-state index in [0.717, 1.165) is 11.1 Å². The predicted molar refractivity (Wildman–Crippen MR) is 69.8 cm³/mol. The van der Waals surface area contributed by atoms with Crippen LogP contribution in [0.5, 0.6) is 0 Å². The maximum Gasteiger partial charge on any atom is 0.101 e. The number of hydrogen-bond donors (Lipinski definition) is 0. The average molecular weight is 232 g/mol. The summed E-state index contributed by atoms with van der Waals surface area (Å²) in [4.78, 5) is 0. The summed E-state index contributed by atoms with van der Waals surface area (Å²) in [6.45, 7) is 2.05. The molecule has 0 radical (unpaired) electrons. The van der Waals surface area contributed by atoms with E-state index in [1.165, 1.54) is 0 Å². The van der Waals surface area contributed by atoms with Gasteiger partial charge in [-0.05, 0) is 17.2 Å². The van der Waals surface area contributed by atoms with Gasteiger partial charge >= 0.3 is 0 Å². The Morgan fingerprint density at radius 2 is 1.61 bits per heavy atom. The fourth-order valence-corrected chi connectivity index (χ4v) is 2.07. The van der Waals surface area contributed by atoms with Crippen molar-refractivity contribution in [1.29, 1.82) is 10.5 Å². The van der Waals surface area contributed by atoms with E-state index < -0.39 is 0 Å². The van der Waals surface area contributed by atoms with Crippen LogP contribution in [0.15, 0.2) is 48.5 Å². The third kappa shape index (κ3) is 2.10. The van der Waals surface area contributed by atoms with Gasteiger partial charge in [0.2, 0.25) is 0 Å². The molecule has 2 aromatic rings. The zero-order chi connectivity index (χ0) is 13.0. The van der Waals surface area contributed by atoms with Crippen LogP contribution in [-0.2, 0) is 0 Å². The van der Waals surface area contributed by atoms with E-state index in [-0.39, 0.29) is 5.92 Å². The van der Waals surface area contributed by atoms with Crippen molar-refractivity contribution in [3.63, 3.8) is 0 Å². The van der Waals surface area contributed by atoms with Gasteiger partial charge in [-0.3, -0.25) is 0 Å². The molecule has 0 aliphatic rings. The molecule has 0 fully saturated rings. The first-order valence-electron chi connectivity index (χ1n) is 5.76. The molecule has 0 amide bonds. The second kappa shape index (κ2) is 5.17. The molecule has 0 spiro atoms. The third-order valence-electron chi connectivity index (χ3n) is 3.10. The van der Waals surface area contributed by atoms with Crippen molar-refractivity contribution < 1.29 is 0 Å². The number of benzene rings is 2. The summed E-state index contributed by atoms with van der Waals surface area (Å²) in [5.74, 6) is 0.106. The Morgan fingerprint density at radius 3 is 2.22 bits per heavy atom. The molecule has 0 bridgehead atoms. The van der Waals surface area contributed by atoms with Gasteiger partial charge in [-0.25, -0.2) is 0 Å². The van der Waals surface area contributed by atoms with Gasteiger partial charge in [0.1, 0.15) is 12.1 Å². The topological polar surface area (TPSA) is 47.6 Å². The molecule has 0 saturated carbocycles. The zero-order valence-corrected chi connectivity index (χ0v) is 10.1. The molecular weight excluding hydrogens is 220 g/mol. The summed E-state index contributed by atoms with van der Waals surface area (Å²) >= 11 is 0. The van der Waals surface area contributed by atoms with E-state index in [1.807, 2.05) is 49.4 Å². The van der Waals surface area contributed by atoms with Crippen molar-refractivity contribution >= 4 is 0 Å². The largest absolute Gasteiger partial charge is 0.192 e. The molecule has 18 heavy (non-hydrogen) atoms. The van der Waals surface area contributed by atoms with Crippen LogP contribution in [0.4, 0.5) is 0 Å². The summed E-state index contributed by atoms with van der Waals surface area (Å²) in [5.41, 5.74) is 2.97. The average Bonchev–Trinajstić information content (AvgIpc) is 2.46. The Kier molecular flexibility index (Phi) is 3.41. The summed E-state index contributed by atoms with van der Waals surface area (Å²) in [6, 6.07) is 19.6. The van der Waals surface area contributed by atoms with Crippen molar-refractivity contribution in [2.75, 3.05) is 0 Å². The second-order valence-corrected chi connectivity index (χ2v) is 4.13. The molecule has 2 rings (SSSR count). The SMILES string of the molecule is CC(c1ccccc1)c1cccc(C#N)c1C#N. The van der Waals surface area contributed by atoms with Gasteiger partial charge in [0.05, 0.1) is 11.1 Å². The van der Waals surface area contributed by atoms with Crippen LogP contribution < -0.4 is 0 Å². The number of nitrogens with zero attached hydrogens (tertiary/aromatic N) is 2. The molecule has 0 heterocycles. The molecule has 0 aliphatic heterocycles. The van der Waals surface area contributed by atoms with E-state index in [1.54, 1.807) is 6.07 Å².